The Kier molecular flexibility index (Phi) is 6.88. The third-order valence-electron chi connectivity index (χ3n) is 1.71. The molecule has 0 radical (unpaired) electrons. The van der Waals surface area contributed by atoms with Crippen LogP contribution < -0.4 is 5.32 Å². The monoisotopic (exact) mass is 214 g/mol. The molecule has 0 saturated carbocycles. The normalized spacial score (nSPS) is 11.5. The SMILES string of the molecule is CC/C(=C\F)CN/C=C\C(=N)C(=O)OC. The summed E-state index contributed by atoms with van der Waals surface area (Å²) >= 11 is 0. The summed E-state index contributed by atoms with van der Waals surface area (Å²) < 4.78 is 16.4. The van der Waals surface area contributed by atoms with Crippen LogP contribution >= 0.6 is 0 Å². The number of ether oxygens (including phenoxy) is 1. The van der Waals surface area contributed by atoms with E-state index in [0.29, 0.717) is 24.9 Å². The highest BCUT2D eigenvalue weighted by molar-refractivity contribution is 6.39. The van der Waals surface area contributed by atoms with Crippen molar-refractivity contribution in [1.82, 2.24) is 5.32 Å². The van der Waals surface area contributed by atoms with Crippen molar-refractivity contribution >= 4 is 11.7 Å². The Labute approximate surface area is 88.3 Å². The van der Waals surface area contributed by atoms with Gasteiger partial charge in [-0.1, -0.05) is 6.92 Å². The van der Waals surface area contributed by atoms with E-state index in [2.05, 4.69) is 10.1 Å². The third kappa shape index (κ3) is 5.61. The number of nitrogens with one attached hydrogen (secondary N) is 2. The molecule has 0 unspecified atom stereocenters. The summed E-state index contributed by atoms with van der Waals surface area (Å²) in [5.74, 6) is -0.704. The molecule has 15 heavy (non-hydrogen) atoms. The van der Waals surface area contributed by atoms with Crippen LogP contribution in [0, 0.1) is 5.41 Å². The first kappa shape index (κ1) is 13.4. The smallest absolute Gasteiger partial charge is 0.355 e. The summed E-state index contributed by atoms with van der Waals surface area (Å²) in [7, 11) is 1.21. The predicted octanol–water partition coefficient (Wildman–Crippen LogP) is 1.55. The Hall–Kier alpha value is -1.65. The first-order chi connectivity index (χ1) is 7.15. The molecule has 0 aliphatic rings. The van der Waals surface area contributed by atoms with Crippen molar-refractivity contribution in [2.45, 2.75) is 13.3 Å². The van der Waals surface area contributed by atoms with Crippen LogP contribution in [0.4, 0.5) is 4.39 Å². The molecule has 0 aromatic rings. The largest absolute Gasteiger partial charge is 0.464 e. The summed E-state index contributed by atoms with van der Waals surface area (Å²) in [6.07, 6.45) is 3.84. The van der Waals surface area contributed by atoms with E-state index in [9.17, 15) is 9.18 Å². The lowest BCUT2D eigenvalue weighted by Gasteiger charge is -2.01. The zero-order valence-electron chi connectivity index (χ0n) is 8.84. The number of halogens is 1. The average Bonchev–Trinajstić information content (AvgIpc) is 2.27. The van der Waals surface area contributed by atoms with Gasteiger partial charge >= 0.3 is 5.97 Å². The predicted molar refractivity (Wildman–Crippen MR) is 56.4 cm³/mol. The molecule has 0 heterocycles. The molecule has 0 rings (SSSR count). The minimum atomic E-state index is -0.704. The molecule has 0 aliphatic carbocycles. The Bertz CT molecular complexity index is 285. The molecule has 0 aromatic heterocycles. The van der Waals surface area contributed by atoms with E-state index in [4.69, 9.17) is 5.41 Å². The highest BCUT2D eigenvalue weighted by Gasteiger charge is 2.03. The van der Waals surface area contributed by atoms with Gasteiger partial charge in [0.05, 0.1) is 13.4 Å². The maximum Gasteiger partial charge on any atom is 0.355 e. The van der Waals surface area contributed by atoms with E-state index < -0.39 is 5.97 Å². The minimum absolute atomic E-state index is 0.257. The minimum Gasteiger partial charge on any atom is -0.464 e. The number of hydrogen-bond acceptors (Lipinski definition) is 4. The van der Waals surface area contributed by atoms with Gasteiger partial charge in [0.25, 0.3) is 0 Å². The van der Waals surface area contributed by atoms with Gasteiger partial charge in [0.15, 0.2) is 0 Å². The van der Waals surface area contributed by atoms with Crippen molar-refractivity contribution in [2.24, 2.45) is 0 Å². The molecule has 0 aromatic carbocycles. The van der Waals surface area contributed by atoms with Gasteiger partial charge in [0.1, 0.15) is 5.71 Å². The summed E-state index contributed by atoms with van der Waals surface area (Å²) in [5.41, 5.74) is 0.358. The lowest BCUT2D eigenvalue weighted by Crippen LogP contribution is -2.14. The maximum absolute atomic E-state index is 12.1. The molecule has 0 saturated heterocycles. The van der Waals surface area contributed by atoms with Gasteiger partial charge in [-0.25, -0.2) is 9.18 Å². The van der Waals surface area contributed by atoms with Crippen LogP contribution in [0.1, 0.15) is 13.3 Å². The number of esters is 1. The topological polar surface area (TPSA) is 62.2 Å². The molecular formula is C10H15FN2O2. The zero-order chi connectivity index (χ0) is 11.7. The molecule has 0 aliphatic heterocycles. The molecule has 84 valence electrons. The van der Waals surface area contributed by atoms with Gasteiger partial charge in [-0.2, -0.15) is 0 Å². The van der Waals surface area contributed by atoms with Crippen molar-refractivity contribution in [1.29, 1.82) is 5.41 Å². The molecule has 2 N–H and O–H groups in total. The number of methoxy groups -OCH3 is 1. The Morgan fingerprint density at radius 3 is 2.73 bits per heavy atom. The highest BCUT2D eigenvalue weighted by atomic mass is 19.1. The van der Waals surface area contributed by atoms with Crippen molar-refractivity contribution in [3.63, 3.8) is 0 Å². The molecule has 0 fully saturated rings. The van der Waals surface area contributed by atoms with E-state index in [-0.39, 0.29) is 5.71 Å². The number of rotatable bonds is 6. The fourth-order valence-electron chi connectivity index (χ4n) is 0.751. The van der Waals surface area contributed by atoms with Gasteiger partial charge in [-0.05, 0) is 24.3 Å². The average molecular weight is 214 g/mol. The lowest BCUT2D eigenvalue weighted by atomic mass is 10.2. The summed E-state index contributed by atoms with van der Waals surface area (Å²) in [4.78, 5) is 10.8. The van der Waals surface area contributed by atoms with Crippen molar-refractivity contribution in [2.75, 3.05) is 13.7 Å². The second-order valence-corrected chi connectivity index (χ2v) is 2.74. The van der Waals surface area contributed by atoms with Crippen molar-refractivity contribution in [3.05, 3.63) is 24.2 Å². The second kappa shape index (κ2) is 7.73. The van der Waals surface area contributed by atoms with Crippen molar-refractivity contribution < 1.29 is 13.9 Å². The van der Waals surface area contributed by atoms with E-state index in [1.807, 2.05) is 6.92 Å². The van der Waals surface area contributed by atoms with Crippen LogP contribution in [0.3, 0.4) is 0 Å². The Morgan fingerprint density at radius 2 is 2.27 bits per heavy atom. The first-order valence-electron chi connectivity index (χ1n) is 4.50. The summed E-state index contributed by atoms with van der Waals surface area (Å²) in [6, 6.07) is 0. The molecular weight excluding hydrogens is 199 g/mol. The van der Waals surface area contributed by atoms with Gasteiger partial charge < -0.3 is 10.1 Å². The van der Waals surface area contributed by atoms with Crippen LogP contribution in [0.5, 0.6) is 0 Å². The third-order valence-corrected chi connectivity index (χ3v) is 1.71. The van der Waals surface area contributed by atoms with Gasteiger partial charge in [-0.3, -0.25) is 5.41 Å². The maximum atomic E-state index is 12.1. The molecule has 0 atom stereocenters. The first-order valence-corrected chi connectivity index (χ1v) is 4.50. The van der Waals surface area contributed by atoms with Crippen LogP contribution in [-0.4, -0.2) is 25.3 Å². The standard InChI is InChI=1S/C10H15FN2O2/c1-3-8(6-11)7-13-5-4-9(12)10(14)15-2/h4-6,12-13H,3,7H2,1-2H3/b5-4-,8-6+,12-9?. The molecule has 0 spiro atoms. The highest BCUT2D eigenvalue weighted by Crippen LogP contribution is 1.98. The number of carbonyl (C=O) groups is 1. The fraction of sp³-hybridized carbons (Fsp3) is 0.400. The van der Waals surface area contributed by atoms with Crippen LogP contribution in [-0.2, 0) is 9.53 Å². The van der Waals surface area contributed by atoms with Crippen LogP contribution in [0.2, 0.25) is 0 Å². The van der Waals surface area contributed by atoms with E-state index in [1.165, 1.54) is 19.4 Å². The molecule has 5 heteroatoms. The van der Waals surface area contributed by atoms with Crippen LogP contribution in [0.25, 0.3) is 0 Å². The molecule has 0 bridgehead atoms. The van der Waals surface area contributed by atoms with Gasteiger partial charge in [0.2, 0.25) is 0 Å². The number of carbonyl (C=O) groups excluding carboxylic acids is 1. The van der Waals surface area contributed by atoms with E-state index >= 15 is 0 Å². The molecule has 0 amide bonds. The zero-order valence-corrected chi connectivity index (χ0v) is 8.84. The van der Waals surface area contributed by atoms with Crippen molar-refractivity contribution in [3.8, 4) is 0 Å². The van der Waals surface area contributed by atoms with Crippen LogP contribution in [0.15, 0.2) is 24.2 Å². The molecule has 4 nitrogen and oxygen atoms in total. The van der Waals surface area contributed by atoms with E-state index in [1.54, 1.807) is 0 Å². The number of hydrogen-bond donors (Lipinski definition) is 2. The quantitative estimate of drug-likeness (QED) is 0.521. The summed E-state index contributed by atoms with van der Waals surface area (Å²) in [5, 5.41) is 9.94. The van der Waals surface area contributed by atoms with Gasteiger partial charge in [-0.15, -0.1) is 0 Å². The van der Waals surface area contributed by atoms with Gasteiger partial charge in [0, 0.05) is 6.54 Å². The fourth-order valence-corrected chi connectivity index (χ4v) is 0.751. The van der Waals surface area contributed by atoms with E-state index in [0.717, 1.165) is 0 Å². The lowest BCUT2D eigenvalue weighted by molar-refractivity contribution is -0.132. The second-order valence-electron chi connectivity index (χ2n) is 2.74. The summed E-state index contributed by atoms with van der Waals surface area (Å²) in [6.45, 7) is 2.20. The Balaban J connectivity index is 3.91. The Morgan fingerprint density at radius 1 is 1.60 bits per heavy atom.